The first kappa shape index (κ1) is 14.2. The molecule has 21 heavy (non-hydrogen) atoms. The molecule has 1 saturated heterocycles. The summed E-state index contributed by atoms with van der Waals surface area (Å²) in [5, 5.41) is 4.00. The summed E-state index contributed by atoms with van der Waals surface area (Å²) in [6, 6.07) is 6.46. The number of aryl methyl sites for hydroxylation is 2. The standard InChI is InChI=1S/C15H18FN3O2/c1-19-8-9-20-13(10-19)15-17-14(21-18-15)7-4-11-2-5-12(16)6-3-11/h2-3,5-6,13H,4,7-10H2,1H3/t13-/m1/s1. The molecule has 5 nitrogen and oxygen atoms in total. The molecule has 6 heteroatoms. The third kappa shape index (κ3) is 3.65. The summed E-state index contributed by atoms with van der Waals surface area (Å²) in [5.41, 5.74) is 1.05. The minimum Gasteiger partial charge on any atom is -0.367 e. The van der Waals surface area contributed by atoms with Gasteiger partial charge in [-0.1, -0.05) is 17.3 Å². The van der Waals surface area contributed by atoms with E-state index < -0.39 is 0 Å². The Morgan fingerprint density at radius 3 is 2.86 bits per heavy atom. The lowest BCUT2D eigenvalue weighted by Crippen LogP contribution is -2.35. The molecule has 0 aliphatic carbocycles. The molecule has 1 aromatic carbocycles. The van der Waals surface area contributed by atoms with Crippen molar-refractivity contribution in [2.45, 2.75) is 18.9 Å². The number of hydrogen-bond donors (Lipinski definition) is 0. The van der Waals surface area contributed by atoms with Gasteiger partial charge in [0.15, 0.2) is 0 Å². The Kier molecular flexibility index (Phi) is 4.26. The maximum Gasteiger partial charge on any atom is 0.227 e. The Balaban J connectivity index is 1.58. The molecule has 112 valence electrons. The molecule has 2 aromatic rings. The third-order valence-corrected chi connectivity index (χ3v) is 3.58. The van der Waals surface area contributed by atoms with Crippen LogP contribution in [0, 0.1) is 5.82 Å². The minimum absolute atomic E-state index is 0.118. The molecule has 1 fully saturated rings. The highest BCUT2D eigenvalue weighted by molar-refractivity contribution is 5.16. The fourth-order valence-corrected chi connectivity index (χ4v) is 2.34. The number of ether oxygens (including phenoxy) is 1. The van der Waals surface area contributed by atoms with Gasteiger partial charge in [-0.3, -0.25) is 0 Å². The average Bonchev–Trinajstić information content (AvgIpc) is 2.96. The quantitative estimate of drug-likeness (QED) is 0.862. The molecule has 0 N–H and O–H groups in total. The van der Waals surface area contributed by atoms with Crippen LogP contribution in [0.3, 0.4) is 0 Å². The number of nitrogens with zero attached hydrogens (tertiary/aromatic N) is 3. The Labute approximate surface area is 122 Å². The monoisotopic (exact) mass is 291 g/mol. The Morgan fingerprint density at radius 1 is 1.29 bits per heavy atom. The topological polar surface area (TPSA) is 51.4 Å². The normalized spacial score (nSPS) is 19.8. The molecule has 0 spiro atoms. The van der Waals surface area contributed by atoms with Crippen LogP contribution in [0.15, 0.2) is 28.8 Å². The molecule has 0 amide bonds. The van der Waals surface area contributed by atoms with E-state index in [4.69, 9.17) is 9.26 Å². The third-order valence-electron chi connectivity index (χ3n) is 3.58. The van der Waals surface area contributed by atoms with Crippen molar-refractivity contribution in [3.8, 4) is 0 Å². The number of aromatic nitrogens is 2. The fraction of sp³-hybridized carbons (Fsp3) is 0.467. The highest BCUT2D eigenvalue weighted by Gasteiger charge is 2.24. The van der Waals surface area contributed by atoms with Gasteiger partial charge in [0.2, 0.25) is 11.7 Å². The zero-order valence-corrected chi connectivity index (χ0v) is 12.0. The predicted molar refractivity (Wildman–Crippen MR) is 74.3 cm³/mol. The van der Waals surface area contributed by atoms with E-state index in [-0.39, 0.29) is 11.9 Å². The summed E-state index contributed by atoms with van der Waals surface area (Å²) >= 11 is 0. The van der Waals surface area contributed by atoms with Crippen LogP contribution in [-0.2, 0) is 17.6 Å². The SMILES string of the molecule is CN1CCO[C@@H](c2noc(CCc3ccc(F)cc3)n2)C1. The van der Waals surface area contributed by atoms with E-state index in [2.05, 4.69) is 15.0 Å². The van der Waals surface area contributed by atoms with Crippen molar-refractivity contribution in [2.24, 2.45) is 0 Å². The summed E-state index contributed by atoms with van der Waals surface area (Å²) in [7, 11) is 2.05. The highest BCUT2D eigenvalue weighted by Crippen LogP contribution is 2.19. The maximum atomic E-state index is 12.8. The largest absolute Gasteiger partial charge is 0.367 e. The second-order valence-electron chi connectivity index (χ2n) is 5.29. The molecule has 2 heterocycles. The van der Waals surface area contributed by atoms with Gasteiger partial charge in [0, 0.05) is 19.5 Å². The summed E-state index contributed by atoms with van der Waals surface area (Å²) in [4.78, 5) is 6.58. The Hall–Kier alpha value is -1.79. The summed E-state index contributed by atoms with van der Waals surface area (Å²) in [6.07, 6.45) is 1.27. The van der Waals surface area contributed by atoms with E-state index in [1.807, 2.05) is 7.05 Å². The van der Waals surface area contributed by atoms with Crippen LogP contribution < -0.4 is 0 Å². The molecular weight excluding hydrogens is 273 g/mol. The highest BCUT2D eigenvalue weighted by atomic mass is 19.1. The molecule has 0 unspecified atom stereocenters. The molecule has 1 aliphatic heterocycles. The number of morpholine rings is 1. The number of benzene rings is 1. The lowest BCUT2D eigenvalue weighted by Gasteiger charge is -2.27. The van der Waals surface area contributed by atoms with Gasteiger partial charge < -0.3 is 14.2 Å². The summed E-state index contributed by atoms with van der Waals surface area (Å²) < 4.78 is 23.8. The van der Waals surface area contributed by atoms with Crippen molar-refractivity contribution in [2.75, 3.05) is 26.7 Å². The van der Waals surface area contributed by atoms with Crippen LogP contribution in [0.4, 0.5) is 4.39 Å². The number of likely N-dealkylation sites (N-methyl/N-ethyl adjacent to an activating group) is 1. The van der Waals surface area contributed by atoms with Gasteiger partial charge in [-0.25, -0.2) is 4.39 Å². The summed E-state index contributed by atoms with van der Waals surface area (Å²) in [5.74, 6) is 0.971. The van der Waals surface area contributed by atoms with Crippen LogP contribution in [0.2, 0.25) is 0 Å². The van der Waals surface area contributed by atoms with E-state index >= 15 is 0 Å². The molecule has 1 aliphatic rings. The average molecular weight is 291 g/mol. The zero-order valence-electron chi connectivity index (χ0n) is 12.0. The van der Waals surface area contributed by atoms with E-state index in [9.17, 15) is 4.39 Å². The van der Waals surface area contributed by atoms with Crippen molar-refractivity contribution < 1.29 is 13.7 Å². The lowest BCUT2D eigenvalue weighted by atomic mass is 10.1. The van der Waals surface area contributed by atoms with Crippen molar-refractivity contribution in [1.82, 2.24) is 15.0 Å². The van der Waals surface area contributed by atoms with Crippen LogP contribution in [0.25, 0.3) is 0 Å². The van der Waals surface area contributed by atoms with Crippen LogP contribution >= 0.6 is 0 Å². The number of rotatable bonds is 4. The smallest absolute Gasteiger partial charge is 0.227 e. The van der Waals surface area contributed by atoms with Gasteiger partial charge in [-0.05, 0) is 31.2 Å². The van der Waals surface area contributed by atoms with Gasteiger partial charge in [0.05, 0.1) is 6.61 Å². The second kappa shape index (κ2) is 6.32. The first-order valence-electron chi connectivity index (χ1n) is 7.08. The van der Waals surface area contributed by atoms with Gasteiger partial charge in [-0.15, -0.1) is 0 Å². The van der Waals surface area contributed by atoms with Crippen LogP contribution in [0.1, 0.15) is 23.4 Å². The van der Waals surface area contributed by atoms with Crippen LogP contribution in [-0.4, -0.2) is 41.8 Å². The fourth-order valence-electron chi connectivity index (χ4n) is 2.34. The molecule has 1 aromatic heterocycles. The molecule has 0 radical (unpaired) electrons. The number of hydrogen-bond acceptors (Lipinski definition) is 5. The van der Waals surface area contributed by atoms with Gasteiger partial charge >= 0.3 is 0 Å². The van der Waals surface area contributed by atoms with E-state index in [0.29, 0.717) is 24.7 Å². The second-order valence-corrected chi connectivity index (χ2v) is 5.29. The first-order chi connectivity index (χ1) is 10.2. The Morgan fingerprint density at radius 2 is 2.10 bits per heavy atom. The van der Waals surface area contributed by atoms with E-state index in [1.54, 1.807) is 12.1 Å². The number of halogens is 1. The van der Waals surface area contributed by atoms with Crippen molar-refractivity contribution in [3.63, 3.8) is 0 Å². The lowest BCUT2D eigenvalue weighted by molar-refractivity contribution is -0.0264. The van der Waals surface area contributed by atoms with Gasteiger partial charge in [-0.2, -0.15) is 4.98 Å². The van der Waals surface area contributed by atoms with Gasteiger partial charge in [0.25, 0.3) is 0 Å². The molecular formula is C15H18FN3O2. The van der Waals surface area contributed by atoms with Crippen molar-refractivity contribution in [1.29, 1.82) is 0 Å². The molecule has 0 saturated carbocycles. The van der Waals surface area contributed by atoms with Crippen molar-refractivity contribution in [3.05, 3.63) is 47.4 Å². The van der Waals surface area contributed by atoms with Crippen LogP contribution in [0.5, 0.6) is 0 Å². The Bertz CT molecular complexity index is 585. The molecule has 1 atom stereocenters. The molecule has 3 rings (SSSR count). The summed E-state index contributed by atoms with van der Waals surface area (Å²) in [6.45, 7) is 2.38. The van der Waals surface area contributed by atoms with Crippen molar-refractivity contribution >= 4 is 0 Å². The van der Waals surface area contributed by atoms with E-state index in [1.165, 1.54) is 12.1 Å². The molecule has 0 bridgehead atoms. The zero-order chi connectivity index (χ0) is 14.7. The van der Waals surface area contributed by atoms with E-state index in [0.717, 1.165) is 25.1 Å². The predicted octanol–water partition coefficient (Wildman–Crippen LogP) is 2.00. The van der Waals surface area contributed by atoms with Gasteiger partial charge in [0.1, 0.15) is 11.9 Å². The maximum absolute atomic E-state index is 12.8. The first-order valence-corrected chi connectivity index (χ1v) is 7.08. The minimum atomic E-state index is -0.225.